The van der Waals surface area contributed by atoms with Gasteiger partial charge in [0.2, 0.25) is 0 Å². The Morgan fingerprint density at radius 2 is 2.00 bits per heavy atom. The first kappa shape index (κ1) is 22.9. The molecule has 7 nitrogen and oxygen atoms in total. The Hall–Kier alpha value is -3.32. The van der Waals surface area contributed by atoms with Crippen LogP contribution in [0, 0.1) is 13.8 Å². The SMILES string of the molecule is CCCCCOc1cccc(C2c3c(-c4c(C)cc(C)cc4O)n[nH]c3C(=O)N2CCO)c1. The molecule has 2 aromatic carbocycles. The number of aromatic nitrogens is 2. The average Bonchev–Trinajstić information content (AvgIpc) is 3.31. The molecule has 0 bridgehead atoms. The molecular formula is C26H31N3O4. The molecule has 0 radical (unpaired) electrons. The van der Waals surface area contributed by atoms with Gasteiger partial charge in [0.05, 0.1) is 19.3 Å². The van der Waals surface area contributed by atoms with Crippen LogP contribution in [-0.4, -0.2) is 51.0 Å². The van der Waals surface area contributed by atoms with Gasteiger partial charge >= 0.3 is 0 Å². The lowest BCUT2D eigenvalue weighted by atomic mass is 9.93. The fourth-order valence-electron chi connectivity index (χ4n) is 4.64. The number of unbranched alkanes of at least 4 members (excludes halogenated alkanes) is 2. The summed E-state index contributed by atoms with van der Waals surface area (Å²) in [5.74, 6) is 0.649. The van der Waals surface area contributed by atoms with Crippen LogP contribution in [-0.2, 0) is 0 Å². The highest BCUT2D eigenvalue weighted by Crippen LogP contribution is 2.45. The highest BCUT2D eigenvalue weighted by Gasteiger charge is 2.42. The number of ether oxygens (including phenoxy) is 1. The number of phenolic OH excluding ortho intramolecular Hbond substituents is 1. The van der Waals surface area contributed by atoms with E-state index in [1.54, 1.807) is 11.0 Å². The van der Waals surface area contributed by atoms with E-state index in [1.807, 2.05) is 44.2 Å². The van der Waals surface area contributed by atoms with Crippen LogP contribution in [0.25, 0.3) is 11.3 Å². The molecule has 0 spiro atoms. The summed E-state index contributed by atoms with van der Waals surface area (Å²) in [6, 6.07) is 11.0. The summed E-state index contributed by atoms with van der Waals surface area (Å²) in [5.41, 5.74) is 4.94. The molecule has 4 rings (SSSR count). The van der Waals surface area contributed by atoms with Gasteiger partial charge in [0, 0.05) is 17.7 Å². The first-order chi connectivity index (χ1) is 16.0. The van der Waals surface area contributed by atoms with Crippen molar-refractivity contribution in [3.05, 3.63) is 64.3 Å². The lowest BCUT2D eigenvalue weighted by molar-refractivity contribution is 0.0706. The number of aromatic amines is 1. The van der Waals surface area contributed by atoms with E-state index in [4.69, 9.17) is 4.74 Å². The molecule has 3 N–H and O–H groups in total. The molecule has 1 amide bonds. The molecule has 3 aromatic rings. The number of aryl methyl sites for hydroxylation is 2. The van der Waals surface area contributed by atoms with E-state index >= 15 is 0 Å². The summed E-state index contributed by atoms with van der Waals surface area (Å²) in [4.78, 5) is 14.9. The molecular weight excluding hydrogens is 418 g/mol. The third-order valence-corrected chi connectivity index (χ3v) is 6.09. The van der Waals surface area contributed by atoms with E-state index in [0.717, 1.165) is 41.7 Å². The van der Waals surface area contributed by atoms with Gasteiger partial charge in [-0.25, -0.2) is 0 Å². The third kappa shape index (κ3) is 4.33. The molecule has 0 fully saturated rings. The van der Waals surface area contributed by atoms with Gasteiger partial charge in [-0.2, -0.15) is 5.10 Å². The molecule has 0 aliphatic carbocycles. The summed E-state index contributed by atoms with van der Waals surface area (Å²) in [5, 5.41) is 27.7. The highest BCUT2D eigenvalue weighted by molar-refractivity contribution is 6.00. The van der Waals surface area contributed by atoms with Crippen LogP contribution in [0.2, 0.25) is 0 Å². The number of aliphatic hydroxyl groups excluding tert-OH is 1. The van der Waals surface area contributed by atoms with Gasteiger partial charge < -0.3 is 19.8 Å². The highest BCUT2D eigenvalue weighted by atomic mass is 16.5. The number of nitrogens with one attached hydrogen (secondary N) is 1. The van der Waals surface area contributed by atoms with Crippen molar-refractivity contribution < 1.29 is 19.7 Å². The number of benzene rings is 2. The van der Waals surface area contributed by atoms with Crippen LogP contribution < -0.4 is 4.74 Å². The quantitative estimate of drug-likeness (QED) is 0.418. The monoisotopic (exact) mass is 449 g/mol. The molecule has 1 unspecified atom stereocenters. The third-order valence-electron chi connectivity index (χ3n) is 6.09. The zero-order valence-electron chi connectivity index (χ0n) is 19.4. The van der Waals surface area contributed by atoms with Gasteiger partial charge in [-0.3, -0.25) is 9.89 Å². The number of hydrogen-bond donors (Lipinski definition) is 3. The van der Waals surface area contributed by atoms with Crippen molar-refractivity contribution in [3.63, 3.8) is 0 Å². The van der Waals surface area contributed by atoms with Crippen LogP contribution in [0.1, 0.15) is 65.0 Å². The van der Waals surface area contributed by atoms with Crippen LogP contribution in [0.5, 0.6) is 11.5 Å². The second-order valence-electron chi connectivity index (χ2n) is 8.59. The molecule has 0 saturated carbocycles. The second kappa shape index (κ2) is 9.67. The topological polar surface area (TPSA) is 98.7 Å². The van der Waals surface area contributed by atoms with Gasteiger partial charge in [0.15, 0.2) is 0 Å². The van der Waals surface area contributed by atoms with Crippen molar-refractivity contribution in [2.24, 2.45) is 0 Å². The van der Waals surface area contributed by atoms with Crippen LogP contribution in [0.15, 0.2) is 36.4 Å². The van der Waals surface area contributed by atoms with Gasteiger partial charge in [0.25, 0.3) is 5.91 Å². The fourth-order valence-corrected chi connectivity index (χ4v) is 4.64. The number of rotatable bonds is 9. The van der Waals surface area contributed by atoms with Crippen LogP contribution in [0.3, 0.4) is 0 Å². The van der Waals surface area contributed by atoms with Crippen LogP contribution >= 0.6 is 0 Å². The zero-order chi connectivity index (χ0) is 23.5. The molecule has 1 aliphatic heterocycles. The van der Waals surface area contributed by atoms with Crippen molar-refractivity contribution in [2.75, 3.05) is 19.8 Å². The van der Waals surface area contributed by atoms with Gasteiger partial charge in [-0.15, -0.1) is 0 Å². The molecule has 7 heteroatoms. The Balaban J connectivity index is 1.79. The van der Waals surface area contributed by atoms with Crippen molar-refractivity contribution in [3.8, 4) is 22.8 Å². The molecule has 1 atom stereocenters. The number of aromatic hydroxyl groups is 1. The predicted octanol–water partition coefficient (Wildman–Crippen LogP) is 4.51. The van der Waals surface area contributed by atoms with Crippen LogP contribution in [0.4, 0.5) is 0 Å². The largest absolute Gasteiger partial charge is 0.507 e. The smallest absolute Gasteiger partial charge is 0.273 e. The van der Waals surface area contributed by atoms with Gasteiger partial charge in [-0.1, -0.05) is 38.0 Å². The molecule has 1 aliphatic rings. The summed E-state index contributed by atoms with van der Waals surface area (Å²) >= 11 is 0. The van der Waals surface area contributed by atoms with Crippen molar-refractivity contribution in [2.45, 2.75) is 46.1 Å². The number of carbonyl (C=O) groups is 1. The number of aliphatic hydroxyl groups is 1. The molecule has 1 aromatic heterocycles. The maximum absolute atomic E-state index is 13.2. The molecule has 33 heavy (non-hydrogen) atoms. The number of carbonyl (C=O) groups excluding carboxylic acids is 1. The van der Waals surface area contributed by atoms with Gasteiger partial charge in [0.1, 0.15) is 22.9 Å². The number of nitrogens with zero attached hydrogens (tertiary/aromatic N) is 2. The summed E-state index contributed by atoms with van der Waals surface area (Å²) in [7, 11) is 0. The lowest BCUT2D eigenvalue weighted by Gasteiger charge is -2.26. The number of H-pyrrole nitrogens is 1. The van der Waals surface area contributed by atoms with Crippen molar-refractivity contribution >= 4 is 5.91 Å². The summed E-state index contributed by atoms with van der Waals surface area (Å²) in [6.07, 6.45) is 3.23. The Bertz CT molecular complexity index is 1130. The van der Waals surface area contributed by atoms with Crippen molar-refractivity contribution in [1.29, 1.82) is 0 Å². The Kier molecular flexibility index (Phi) is 6.70. The standard InChI is InChI=1S/C26H31N3O4/c1-4-5-6-12-33-19-9-7-8-18(15-19)25-22-23(21-17(3)13-16(2)14-20(21)31)27-28-24(22)26(32)29(25)10-11-30/h7-9,13-15,25,30-31H,4-6,10-12H2,1-3H3,(H,27,28). The zero-order valence-corrected chi connectivity index (χ0v) is 19.4. The average molecular weight is 450 g/mol. The minimum atomic E-state index is -0.451. The number of phenols is 1. The van der Waals surface area contributed by atoms with Gasteiger partial charge in [-0.05, 0) is 55.2 Å². The van der Waals surface area contributed by atoms with E-state index < -0.39 is 6.04 Å². The maximum Gasteiger partial charge on any atom is 0.273 e. The fraction of sp³-hybridized carbons (Fsp3) is 0.385. The Labute approximate surface area is 194 Å². The Morgan fingerprint density at radius 3 is 2.73 bits per heavy atom. The summed E-state index contributed by atoms with van der Waals surface area (Å²) in [6.45, 7) is 6.67. The minimum Gasteiger partial charge on any atom is -0.507 e. The Morgan fingerprint density at radius 1 is 1.18 bits per heavy atom. The lowest BCUT2D eigenvalue weighted by Crippen LogP contribution is -2.32. The summed E-state index contributed by atoms with van der Waals surface area (Å²) < 4.78 is 5.95. The van der Waals surface area contributed by atoms with E-state index in [9.17, 15) is 15.0 Å². The number of fused-ring (bicyclic) bond motifs is 1. The van der Waals surface area contributed by atoms with Crippen molar-refractivity contribution in [1.82, 2.24) is 15.1 Å². The normalized spacial score (nSPS) is 15.2. The first-order valence-electron chi connectivity index (χ1n) is 11.5. The molecule has 174 valence electrons. The molecule has 0 saturated heterocycles. The van der Waals surface area contributed by atoms with E-state index in [-0.39, 0.29) is 24.8 Å². The molecule has 2 heterocycles. The minimum absolute atomic E-state index is 0.126. The van der Waals surface area contributed by atoms with E-state index in [1.165, 1.54) is 0 Å². The maximum atomic E-state index is 13.2. The number of amides is 1. The van der Waals surface area contributed by atoms with E-state index in [0.29, 0.717) is 29.1 Å². The second-order valence-corrected chi connectivity index (χ2v) is 8.59. The van der Waals surface area contributed by atoms with E-state index in [2.05, 4.69) is 17.1 Å². The number of β-amino-alcohol motifs (C(OH)–C–C–N with tert-alkyl or cyclic N) is 1. The predicted molar refractivity (Wildman–Crippen MR) is 127 cm³/mol. The first-order valence-corrected chi connectivity index (χ1v) is 11.5. The number of hydrogen-bond acceptors (Lipinski definition) is 5.